The third-order valence-corrected chi connectivity index (χ3v) is 5.99. The van der Waals surface area contributed by atoms with E-state index in [9.17, 15) is 4.79 Å². The molecule has 1 amide bonds. The number of hydrogen-bond donors (Lipinski definition) is 0. The molecular weight excluding hydrogens is 406 g/mol. The van der Waals surface area contributed by atoms with Crippen LogP contribution in [0.3, 0.4) is 0 Å². The predicted octanol–water partition coefficient (Wildman–Crippen LogP) is 3.68. The average Bonchev–Trinajstić information content (AvgIpc) is 3.58. The maximum Gasteiger partial charge on any atom is 0.273 e. The van der Waals surface area contributed by atoms with Crippen molar-refractivity contribution in [2.75, 3.05) is 6.79 Å². The number of benzene rings is 2. The van der Waals surface area contributed by atoms with Gasteiger partial charge in [0.1, 0.15) is 5.70 Å². The number of carbonyl (C=O) groups excluding carboxylic acids is 1. The van der Waals surface area contributed by atoms with Crippen LogP contribution in [0.4, 0.5) is 0 Å². The Labute approximate surface area is 186 Å². The van der Waals surface area contributed by atoms with Crippen molar-refractivity contribution in [1.29, 1.82) is 0 Å². The Morgan fingerprint density at radius 3 is 2.66 bits per heavy atom. The third-order valence-electron chi connectivity index (χ3n) is 5.99. The van der Waals surface area contributed by atoms with Gasteiger partial charge in [-0.1, -0.05) is 49.2 Å². The fourth-order valence-electron chi connectivity index (χ4n) is 4.34. The summed E-state index contributed by atoms with van der Waals surface area (Å²) in [4.78, 5) is 16.0. The molecule has 2 aromatic carbocycles. The molecule has 8 nitrogen and oxygen atoms in total. The number of fused-ring (bicyclic) bond motifs is 1. The van der Waals surface area contributed by atoms with E-state index in [-0.39, 0.29) is 18.7 Å². The fourth-order valence-corrected chi connectivity index (χ4v) is 4.34. The minimum Gasteiger partial charge on any atom is -0.454 e. The highest BCUT2D eigenvalue weighted by Crippen LogP contribution is 2.34. The lowest BCUT2D eigenvalue weighted by Crippen LogP contribution is -2.40. The second-order valence-corrected chi connectivity index (χ2v) is 8.14. The summed E-state index contributed by atoms with van der Waals surface area (Å²) < 4.78 is 12.5. The van der Waals surface area contributed by atoms with Crippen LogP contribution >= 0.6 is 0 Å². The lowest BCUT2D eigenvalue weighted by atomic mass is 10.1. The highest BCUT2D eigenvalue weighted by molar-refractivity contribution is 6.18. The standard InChI is InChI=1S/C24H25N5O3/c1-17-25-26-27-29(17)21(13-18-7-3-2-4-8-18)24(30)28(20-9-5-6-10-20)15-19-11-12-22-23(14-19)32-16-31-22/h2-4,7-8,11-14,20H,5-6,9-10,15-16H2,1H3. The van der Waals surface area contributed by atoms with Crippen molar-refractivity contribution in [1.82, 2.24) is 25.1 Å². The van der Waals surface area contributed by atoms with Crippen molar-refractivity contribution in [3.05, 3.63) is 65.5 Å². The van der Waals surface area contributed by atoms with Gasteiger partial charge in [-0.3, -0.25) is 4.79 Å². The SMILES string of the molecule is Cc1nnnn1C(=Cc1ccccc1)C(=O)N(Cc1ccc2c(c1)OCO2)C1CCCC1. The maximum absolute atomic E-state index is 14.0. The van der Waals surface area contributed by atoms with E-state index in [1.54, 1.807) is 6.92 Å². The Balaban J connectivity index is 1.52. The number of aryl methyl sites for hydroxylation is 1. The summed E-state index contributed by atoms with van der Waals surface area (Å²) in [5.41, 5.74) is 2.36. The normalized spacial score (nSPS) is 15.8. The summed E-state index contributed by atoms with van der Waals surface area (Å²) in [6, 6.07) is 15.8. The van der Waals surface area contributed by atoms with Gasteiger partial charge in [0.15, 0.2) is 17.3 Å². The molecule has 3 aromatic rings. The van der Waals surface area contributed by atoms with Gasteiger partial charge < -0.3 is 14.4 Å². The molecule has 8 heteroatoms. The zero-order chi connectivity index (χ0) is 21.9. The first-order chi connectivity index (χ1) is 15.7. The Hall–Kier alpha value is -3.68. The molecule has 1 aromatic heterocycles. The van der Waals surface area contributed by atoms with Crippen molar-refractivity contribution >= 4 is 17.7 Å². The second-order valence-electron chi connectivity index (χ2n) is 8.14. The molecule has 0 bridgehead atoms. The van der Waals surface area contributed by atoms with Crippen LogP contribution < -0.4 is 9.47 Å². The molecule has 1 aliphatic carbocycles. The van der Waals surface area contributed by atoms with Crippen LogP contribution in [0.5, 0.6) is 11.5 Å². The van der Waals surface area contributed by atoms with Crippen LogP contribution in [0, 0.1) is 6.92 Å². The summed E-state index contributed by atoms with van der Waals surface area (Å²) in [6.45, 7) is 2.50. The molecule has 32 heavy (non-hydrogen) atoms. The maximum atomic E-state index is 14.0. The van der Waals surface area contributed by atoms with Crippen LogP contribution in [0.1, 0.15) is 42.6 Å². The van der Waals surface area contributed by atoms with Gasteiger partial charge in [0.05, 0.1) is 0 Å². The molecule has 2 heterocycles. The smallest absolute Gasteiger partial charge is 0.273 e. The molecule has 164 valence electrons. The highest BCUT2D eigenvalue weighted by Gasteiger charge is 2.31. The van der Waals surface area contributed by atoms with Crippen LogP contribution in [-0.4, -0.2) is 43.8 Å². The number of hydrogen-bond acceptors (Lipinski definition) is 6. The third kappa shape index (κ3) is 4.08. The highest BCUT2D eigenvalue weighted by atomic mass is 16.7. The number of carbonyl (C=O) groups is 1. The topological polar surface area (TPSA) is 82.4 Å². The lowest BCUT2D eigenvalue weighted by molar-refractivity contribution is -0.128. The van der Waals surface area contributed by atoms with Gasteiger partial charge >= 0.3 is 0 Å². The largest absolute Gasteiger partial charge is 0.454 e. The molecule has 0 N–H and O–H groups in total. The van der Waals surface area contributed by atoms with Gasteiger partial charge in [0.25, 0.3) is 5.91 Å². The first-order valence-corrected chi connectivity index (χ1v) is 10.9. The summed E-state index contributed by atoms with van der Waals surface area (Å²) in [5, 5.41) is 11.9. The molecule has 1 saturated carbocycles. The van der Waals surface area contributed by atoms with E-state index in [1.165, 1.54) is 4.68 Å². The predicted molar refractivity (Wildman–Crippen MR) is 119 cm³/mol. The second kappa shape index (κ2) is 8.82. The first kappa shape index (κ1) is 20.2. The molecule has 0 spiro atoms. The molecule has 0 saturated heterocycles. The summed E-state index contributed by atoms with van der Waals surface area (Å²) in [5.74, 6) is 1.93. The Morgan fingerprint density at radius 1 is 1.12 bits per heavy atom. The zero-order valence-corrected chi connectivity index (χ0v) is 18.0. The zero-order valence-electron chi connectivity index (χ0n) is 18.0. The van der Waals surface area contributed by atoms with E-state index in [1.807, 2.05) is 59.5 Å². The van der Waals surface area contributed by atoms with Gasteiger partial charge in [-0.2, -0.15) is 4.68 Å². The fraction of sp³-hybridized carbons (Fsp3) is 0.333. The van der Waals surface area contributed by atoms with Gasteiger partial charge in [-0.25, -0.2) is 0 Å². The number of tetrazole rings is 1. The molecule has 5 rings (SSSR count). The van der Waals surface area contributed by atoms with E-state index < -0.39 is 0 Å². The number of amides is 1. The quantitative estimate of drug-likeness (QED) is 0.554. The summed E-state index contributed by atoms with van der Waals surface area (Å²) in [7, 11) is 0. The minimum absolute atomic E-state index is 0.0891. The van der Waals surface area contributed by atoms with Gasteiger partial charge in [-0.15, -0.1) is 5.10 Å². The molecule has 0 radical (unpaired) electrons. The van der Waals surface area contributed by atoms with Gasteiger partial charge in [0, 0.05) is 12.6 Å². The number of nitrogens with zero attached hydrogens (tertiary/aromatic N) is 5. The number of ether oxygens (including phenoxy) is 2. The van der Waals surface area contributed by atoms with Crippen molar-refractivity contribution < 1.29 is 14.3 Å². The van der Waals surface area contributed by atoms with Crippen molar-refractivity contribution in [3.8, 4) is 11.5 Å². The van der Waals surface area contributed by atoms with E-state index in [2.05, 4.69) is 15.5 Å². The Kier molecular flexibility index (Phi) is 5.58. The van der Waals surface area contributed by atoms with E-state index in [0.29, 0.717) is 18.1 Å². The Morgan fingerprint density at radius 2 is 1.91 bits per heavy atom. The van der Waals surface area contributed by atoms with Crippen molar-refractivity contribution in [3.63, 3.8) is 0 Å². The van der Waals surface area contributed by atoms with Crippen LogP contribution in [0.25, 0.3) is 11.8 Å². The molecule has 1 fully saturated rings. The minimum atomic E-state index is -0.0891. The molecule has 2 aliphatic rings. The van der Waals surface area contributed by atoms with E-state index >= 15 is 0 Å². The summed E-state index contributed by atoms with van der Waals surface area (Å²) >= 11 is 0. The molecule has 0 atom stereocenters. The monoisotopic (exact) mass is 431 g/mol. The van der Waals surface area contributed by atoms with E-state index in [4.69, 9.17) is 9.47 Å². The van der Waals surface area contributed by atoms with Crippen LogP contribution in [0.2, 0.25) is 0 Å². The van der Waals surface area contributed by atoms with Gasteiger partial charge in [0.2, 0.25) is 6.79 Å². The Bertz CT molecular complexity index is 1140. The number of aromatic nitrogens is 4. The van der Waals surface area contributed by atoms with E-state index in [0.717, 1.165) is 48.3 Å². The average molecular weight is 431 g/mol. The number of rotatable bonds is 6. The van der Waals surface area contributed by atoms with Crippen molar-refractivity contribution in [2.45, 2.75) is 45.2 Å². The lowest BCUT2D eigenvalue weighted by Gasteiger charge is -2.30. The van der Waals surface area contributed by atoms with Crippen LogP contribution in [-0.2, 0) is 11.3 Å². The van der Waals surface area contributed by atoms with Gasteiger partial charge in [-0.05, 0) is 59.5 Å². The first-order valence-electron chi connectivity index (χ1n) is 10.9. The molecule has 0 unspecified atom stereocenters. The van der Waals surface area contributed by atoms with Crippen LogP contribution in [0.15, 0.2) is 48.5 Å². The molecule has 1 aliphatic heterocycles. The molecular formula is C24H25N5O3. The summed E-state index contributed by atoms with van der Waals surface area (Å²) in [6.07, 6.45) is 6.08. The van der Waals surface area contributed by atoms with Crippen molar-refractivity contribution in [2.24, 2.45) is 0 Å².